The summed E-state index contributed by atoms with van der Waals surface area (Å²) in [6.45, 7) is 8.15. The van der Waals surface area contributed by atoms with Crippen molar-refractivity contribution in [3.8, 4) is 5.75 Å². The van der Waals surface area contributed by atoms with E-state index in [-0.39, 0.29) is 6.04 Å². The fourth-order valence-corrected chi connectivity index (χ4v) is 3.59. The van der Waals surface area contributed by atoms with Crippen molar-refractivity contribution in [1.82, 2.24) is 15.5 Å². The predicted molar refractivity (Wildman–Crippen MR) is 117 cm³/mol. The summed E-state index contributed by atoms with van der Waals surface area (Å²) in [4.78, 5) is 7.41. The molecule has 2 heterocycles. The second-order valence-corrected chi connectivity index (χ2v) is 7.15. The van der Waals surface area contributed by atoms with Gasteiger partial charge in [-0.2, -0.15) is 0 Å². The Morgan fingerprint density at radius 2 is 2.03 bits per heavy atom. The first kappa shape index (κ1) is 21.0. The quantitative estimate of drug-likeness (QED) is 0.366. The Bertz CT molecular complexity index is 750. The van der Waals surface area contributed by atoms with Gasteiger partial charge >= 0.3 is 0 Å². The largest absolute Gasteiger partial charge is 0.497 e. The molecule has 156 valence electrons. The maximum Gasteiger partial charge on any atom is 0.191 e. The molecule has 0 saturated carbocycles. The molecular weight excluding hydrogens is 364 g/mol. The van der Waals surface area contributed by atoms with Gasteiger partial charge in [0.05, 0.1) is 26.0 Å². The van der Waals surface area contributed by atoms with Crippen molar-refractivity contribution in [2.24, 2.45) is 4.99 Å². The molecule has 0 aliphatic carbocycles. The monoisotopic (exact) mass is 396 g/mol. The maximum atomic E-state index is 5.41. The number of aliphatic imine (C=N–C) groups is 1. The zero-order valence-electron chi connectivity index (χ0n) is 17.3. The Balaban J connectivity index is 1.67. The van der Waals surface area contributed by atoms with E-state index in [9.17, 15) is 0 Å². The Morgan fingerprint density at radius 3 is 2.69 bits per heavy atom. The first-order valence-electron chi connectivity index (χ1n) is 10.3. The van der Waals surface area contributed by atoms with Crippen LogP contribution in [0.2, 0.25) is 0 Å². The number of hydrogen-bond acceptors (Lipinski definition) is 4. The topological polar surface area (TPSA) is 62.0 Å². The van der Waals surface area contributed by atoms with E-state index in [1.165, 1.54) is 18.4 Å². The third kappa shape index (κ3) is 6.39. The number of methoxy groups -OCH3 is 1. The predicted octanol–water partition coefficient (Wildman–Crippen LogP) is 3.39. The van der Waals surface area contributed by atoms with Crippen molar-refractivity contribution in [2.45, 2.75) is 25.3 Å². The van der Waals surface area contributed by atoms with E-state index in [1.807, 2.05) is 30.3 Å². The molecule has 1 unspecified atom stereocenters. The van der Waals surface area contributed by atoms with Crippen molar-refractivity contribution >= 4 is 5.96 Å². The van der Waals surface area contributed by atoms with Crippen LogP contribution in [0.4, 0.5) is 0 Å². The van der Waals surface area contributed by atoms with E-state index < -0.39 is 0 Å². The number of furan rings is 1. The molecule has 29 heavy (non-hydrogen) atoms. The van der Waals surface area contributed by atoms with Crippen LogP contribution in [-0.4, -0.2) is 50.7 Å². The third-order valence-electron chi connectivity index (χ3n) is 5.16. The number of nitrogens with zero attached hydrogens (tertiary/aromatic N) is 2. The zero-order valence-corrected chi connectivity index (χ0v) is 17.3. The number of guanidine groups is 1. The van der Waals surface area contributed by atoms with Gasteiger partial charge in [0.1, 0.15) is 11.5 Å². The highest BCUT2D eigenvalue weighted by molar-refractivity contribution is 5.79. The molecule has 1 fully saturated rings. The molecule has 6 heteroatoms. The smallest absolute Gasteiger partial charge is 0.191 e. The van der Waals surface area contributed by atoms with Crippen LogP contribution in [0, 0.1) is 0 Å². The summed E-state index contributed by atoms with van der Waals surface area (Å²) in [7, 11) is 1.70. The van der Waals surface area contributed by atoms with Gasteiger partial charge in [0.15, 0.2) is 5.96 Å². The lowest BCUT2D eigenvalue weighted by Crippen LogP contribution is -2.39. The first-order chi connectivity index (χ1) is 14.3. The normalized spacial score (nSPS) is 15.8. The molecule has 2 N–H and O–H groups in total. The molecule has 1 atom stereocenters. The highest BCUT2D eigenvalue weighted by atomic mass is 16.5. The fraction of sp³-hybridized carbons (Fsp3) is 0.435. The number of rotatable bonds is 10. The van der Waals surface area contributed by atoms with Crippen LogP contribution in [0.5, 0.6) is 5.75 Å². The van der Waals surface area contributed by atoms with Gasteiger partial charge in [-0.05, 0) is 55.8 Å². The summed E-state index contributed by atoms with van der Waals surface area (Å²) < 4.78 is 10.7. The lowest BCUT2D eigenvalue weighted by molar-refractivity contribution is 0.251. The van der Waals surface area contributed by atoms with Crippen LogP contribution in [0.3, 0.4) is 0 Å². The van der Waals surface area contributed by atoms with Crippen molar-refractivity contribution in [3.63, 3.8) is 0 Å². The molecule has 0 amide bonds. The Morgan fingerprint density at radius 1 is 1.24 bits per heavy atom. The van der Waals surface area contributed by atoms with E-state index in [1.54, 1.807) is 13.4 Å². The van der Waals surface area contributed by atoms with Gasteiger partial charge in [0.2, 0.25) is 0 Å². The maximum absolute atomic E-state index is 5.41. The van der Waals surface area contributed by atoms with E-state index >= 15 is 0 Å². The van der Waals surface area contributed by atoms with Crippen LogP contribution < -0.4 is 15.4 Å². The summed E-state index contributed by atoms with van der Waals surface area (Å²) in [5, 5.41) is 6.72. The number of nitrogens with one attached hydrogen (secondary N) is 2. The van der Waals surface area contributed by atoms with Gasteiger partial charge in [-0.3, -0.25) is 9.89 Å². The molecule has 1 aromatic carbocycles. The second kappa shape index (κ2) is 11.3. The number of hydrogen-bond donors (Lipinski definition) is 2. The Labute approximate surface area is 173 Å². The van der Waals surface area contributed by atoms with Crippen molar-refractivity contribution in [2.75, 3.05) is 39.8 Å². The summed E-state index contributed by atoms with van der Waals surface area (Å²) >= 11 is 0. The number of ether oxygens (including phenoxy) is 1. The van der Waals surface area contributed by atoms with Gasteiger partial charge in [0.25, 0.3) is 0 Å². The average Bonchev–Trinajstić information content (AvgIpc) is 3.46. The minimum atomic E-state index is 0.260. The highest BCUT2D eigenvalue weighted by Gasteiger charge is 2.23. The first-order valence-corrected chi connectivity index (χ1v) is 10.3. The molecule has 1 aliphatic heterocycles. The molecule has 0 spiro atoms. The van der Waals surface area contributed by atoms with Gasteiger partial charge in [-0.1, -0.05) is 18.2 Å². The summed E-state index contributed by atoms with van der Waals surface area (Å²) in [5.41, 5.74) is 1.27. The van der Waals surface area contributed by atoms with Crippen LogP contribution in [0.1, 0.15) is 30.2 Å². The van der Waals surface area contributed by atoms with Crippen molar-refractivity contribution in [1.29, 1.82) is 0 Å². The molecule has 1 aliphatic rings. The molecule has 3 rings (SSSR count). The second-order valence-electron chi connectivity index (χ2n) is 7.15. The number of likely N-dealkylation sites (tertiary alicyclic amines) is 1. The van der Waals surface area contributed by atoms with Gasteiger partial charge in [-0.15, -0.1) is 6.58 Å². The van der Waals surface area contributed by atoms with Gasteiger partial charge < -0.3 is 19.8 Å². The van der Waals surface area contributed by atoms with Crippen molar-refractivity contribution < 1.29 is 9.15 Å². The fourth-order valence-electron chi connectivity index (χ4n) is 3.59. The van der Waals surface area contributed by atoms with E-state index in [2.05, 4.69) is 34.2 Å². The zero-order chi connectivity index (χ0) is 20.3. The van der Waals surface area contributed by atoms with Crippen molar-refractivity contribution in [3.05, 3.63) is 66.6 Å². The van der Waals surface area contributed by atoms with E-state index in [0.717, 1.165) is 43.5 Å². The highest BCUT2D eigenvalue weighted by Crippen LogP contribution is 2.27. The molecule has 2 aromatic rings. The Hall–Kier alpha value is -2.73. The molecule has 6 nitrogen and oxygen atoms in total. The van der Waals surface area contributed by atoms with E-state index in [0.29, 0.717) is 13.1 Å². The van der Waals surface area contributed by atoms with Crippen LogP contribution in [0.15, 0.2) is 64.7 Å². The van der Waals surface area contributed by atoms with Crippen LogP contribution in [-0.2, 0) is 6.42 Å². The number of benzene rings is 1. The standard InChI is InChI=1S/C23H32N4O2/c1-3-13-24-23(25-14-12-21-7-6-17-29-21)26-18-22(27-15-4-5-16-27)19-8-10-20(28-2)11-9-19/h3,6-11,17,22H,1,4-5,12-16,18H2,2H3,(H2,24,25,26). The molecular formula is C23H32N4O2. The molecule has 0 radical (unpaired) electrons. The Kier molecular flexibility index (Phi) is 8.19. The minimum absolute atomic E-state index is 0.260. The van der Waals surface area contributed by atoms with Crippen LogP contribution in [0.25, 0.3) is 0 Å². The van der Waals surface area contributed by atoms with Crippen LogP contribution >= 0.6 is 0 Å². The lowest BCUT2D eigenvalue weighted by Gasteiger charge is -2.27. The minimum Gasteiger partial charge on any atom is -0.497 e. The SMILES string of the molecule is C=CCNC(=NCC(c1ccc(OC)cc1)N1CCCC1)NCCc1ccco1. The van der Waals surface area contributed by atoms with E-state index in [4.69, 9.17) is 14.1 Å². The lowest BCUT2D eigenvalue weighted by atomic mass is 10.1. The summed E-state index contributed by atoms with van der Waals surface area (Å²) in [6, 6.07) is 12.5. The summed E-state index contributed by atoms with van der Waals surface area (Å²) in [5.74, 6) is 2.65. The molecule has 1 aromatic heterocycles. The average molecular weight is 397 g/mol. The summed E-state index contributed by atoms with van der Waals surface area (Å²) in [6.07, 6.45) is 6.86. The molecule has 1 saturated heterocycles. The van der Waals surface area contributed by atoms with Gasteiger partial charge in [-0.25, -0.2) is 0 Å². The molecule has 0 bridgehead atoms. The third-order valence-corrected chi connectivity index (χ3v) is 5.16. The van der Waals surface area contributed by atoms with Gasteiger partial charge in [0, 0.05) is 19.5 Å².